The summed E-state index contributed by atoms with van der Waals surface area (Å²) in [7, 11) is 0. The Morgan fingerprint density at radius 3 is 2.14 bits per heavy atom. The van der Waals surface area contributed by atoms with E-state index in [0.29, 0.717) is 25.4 Å². The molecular formula is C15H24BrNO4. The summed E-state index contributed by atoms with van der Waals surface area (Å²) >= 11 is 3.38. The molecule has 1 rings (SSSR count). The van der Waals surface area contributed by atoms with Gasteiger partial charge in [-0.2, -0.15) is 0 Å². The zero-order valence-electron chi connectivity index (χ0n) is 12.4. The highest BCUT2D eigenvalue weighted by atomic mass is 79.9. The van der Waals surface area contributed by atoms with Crippen LogP contribution < -0.4 is 4.74 Å². The van der Waals surface area contributed by atoms with Crippen LogP contribution in [0.3, 0.4) is 0 Å². The van der Waals surface area contributed by atoms with Crippen LogP contribution in [-0.2, 0) is 0 Å². The Bertz CT molecular complexity index is 404. The molecule has 3 atom stereocenters. The predicted octanol–water partition coefficient (Wildman–Crippen LogP) is 1.25. The molecule has 0 radical (unpaired) electrons. The summed E-state index contributed by atoms with van der Waals surface area (Å²) in [5.74, 6) is 0.675. The Kier molecular flexibility index (Phi) is 8.21. The second-order valence-corrected chi connectivity index (χ2v) is 6.17. The van der Waals surface area contributed by atoms with Crippen molar-refractivity contribution in [1.29, 1.82) is 0 Å². The van der Waals surface area contributed by atoms with Crippen molar-refractivity contribution >= 4 is 15.9 Å². The van der Waals surface area contributed by atoms with Gasteiger partial charge >= 0.3 is 0 Å². The quantitative estimate of drug-likeness (QED) is 0.617. The van der Waals surface area contributed by atoms with Gasteiger partial charge in [0, 0.05) is 19.6 Å². The fourth-order valence-corrected chi connectivity index (χ4v) is 2.47. The molecule has 0 spiro atoms. The number of rotatable bonds is 9. The lowest BCUT2D eigenvalue weighted by molar-refractivity contribution is 0.0299. The van der Waals surface area contributed by atoms with Gasteiger partial charge in [-0.15, -0.1) is 0 Å². The number of nitrogens with zero attached hydrogens (tertiary/aromatic N) is 1. The van der Waals surface area contributed by atoms with E-state index < -0.39 is 18.3 Å². The molecule has 1 aromatic carbocycles. The Balaban J connectivity index is 2.46. The zero-order chi connectivity index (χ0) is 15.8. The number of hydrogen-bond acceptors (Lipinski definition) is 5. The zero-order valence-corrected chi connectivity index (χ0v) is 14.0. The molecule has 0 aromatic heterocycles. The average Bonchev–Trinajstić information content (AvgIpc) is 2.36. The number of hydrogen-bond donors (Lipinski definition) is 3. The normalized spacial score (nSPS) is 15.8. The van der Waals surface area contributed by atoms with Gasteiger partial charge in [-0.25, -0.2) is 0 Å². The number of aliphatic hydroxyl groups excluding tert-OH is 3. The summed E-state index contributed by atoms with van der Waals surface area (Å²) < 4.78 is 6.40. The summed E-state index contributed by atoms with van der Waals surface area (Å²) in [5, 5.41) is 29.0. The van der Waals surface area contributed by atoms with E-state index in [1.807, 2.05) is 29.2 Å². The Morgan fingerprint density at radius 1 is 1.05 bits per heavy atom. The van der Waals surface area contributed by atoms with Crippen LogP contribution in [0.4, 0.5) is 0 Å². The second-order valence-electron chi connectivity index (χ2n) is 5.31. The van der Waals surface area contributed by atoms with Crippen LogP contribution in [0.1, 0.15) is 13.8 Å². The molecule has 0 fully saturated rings. The standard InChI is InChI=1S/C15H24BrNO4/c1-11(18)7-17(8-12(2)19)9-13(20)10-21-15-6-4-3-5-14(15)16/h3-6,11-13,18-20H,7-10H2,1-2H3. The largest absolute Gasteiger partial charge is 0.490 e. The Hall–Kier alpha value is -0.660. The van der Waals surface area contributed by atoms with Crippen LogP contribution in [0.5, 0.6) is 5.75 Å². The van der Waals surface area contributed by atoms with Gasteiger partial charge in [0.1, 0.15) is 18.5 Å². The van der Waals surface area contributed by atoms with Crippen molar-refractivity contribution in [3.8, 4) is 5.75 Å². The Morgan fingerprint density at radius 2 is 1.62 bits per heavy atom. The fourth-order valence-electron chi connectivity index (χ4n) is 2.07. The summed E-state index contributed by atoms with van der Waals surface area (Å²) in [6.45, 7) is 4.64. The van der Waals surface area contributed by atoms with E-state index in [9.17, 15) is 15.3 Å². The summed E-state index contributed by atoms with van der Waals surface area (Å²) in [5.41, 5.74) is 0. The van der Waals surface area contributed by atoms with Gasteiger partial charge in [0.2, 0.25) is 0 Å². The van der Waals surface area contributed by atoms with Gasteiger partial charge in [0.15, 0.2) is 0 Å². The molecule has 0 aliphatic heterocycles. The minimum Gasteiger partial charge on any atom is -0.490 e. The minimum absolute atomic E-state index is 0.152. The summed E-state index contributed by atoms with van der Waals surface area (Å²) in [4.78, 5) is 1.82. The summed E-state index contributed by atoms with van der Waals surface area (Å²) in [6.07, 6.45) is -1.73. The molecule has 0 saturated heterocycles. The lowest BCUT2D eigenvalue weighted by atomic mass is 10.2. The highest BCUT2D eigenvalue weighted by Crippen LogP contribution is 2.23. The predicted molar refractivity (Wildman–Crippen MR) is 85.4 cm³/mol. The van der Waals surface area contributed by atoms with Crippen molar-refractivity contribution < 1.29 is 20.1 Å². The second kappa shape index (κ2) is 9.38. The van der Waals surface area contributed by atoms with Crippen LogP contribution in [0.2, 0.25) is 0 Å². The van der Waals surface area contributed by atoms with Gasteiger partial charge in [-0.05, 0) is 41.9 Å². The summed E-state index contributed by atoms with van der Waals surface area (Å²) in [6, 6.07) is 7.44. The van der Waals surface area contributed by atoms with Gasteiger partial charge in [0.25, 0.3) is 0 Å². The van der Waals surface area contributed by atoms with Gasteiger partial charge < -0.3 is 20.1 Å². The van der Waals surface area contributed by atoms with E-state index in [0.717, 1.165) is 4.47 Å². The van der Waals surface area contributed by atoms with Gasteiger partial charge in [-0.1, -0.05) is 12.1 Å². The highest BCUT2D eigenvalue weighted by Gasteiger charge is 2.16. The van der Waals surface area contributed by atoms with E-state index in [1.165, 1.54) is 0 Å². The van der Waals surface area contributed by atoms with Crippen molar-refractivity contribution in [2.45, 2.75) is 32.2 Å². The monoisotopic (exact) mass is 361 g/mol. The first kappa shape index (κ1) is 18.4. The maximum Gasteiger partial charge on any atom is 0.133 e. The van der Waals surface area contributed by atoms with Crippen LogP contribution >= 0.6 is 15.9 Å². The third kappa shape index (κ3) is 7.78. The maximum atomic E-state index is 10.1. The molecule has 1 aromatic rings. The lowest BCUT2D eigenvalue weighted by Gasteiger charge is -2.27. The molecule has 21 heavy (non-hydrogen) atoms. The molecule has 0 bridgehead atoms. The third-order valence-corrected chi connectivity index (χ3v) is 3.44. The van der Waals surface area contributed by atoms with E-state index in [4.69, 9.17) is 4.74 Å². The molecule has 120 valence electrons. The third-order valence-electron chi connectivity index (χ3n) is 2.78. The SMILES string of the molecule is CC(O)CN(CC(C)O)CC(O)COc1ccccc1Br. The highest BCUT2D eigenvalue weighted by molar-refractivity contribution is 9.10. The molecule has 5 nitrogen and oxygen atoms in total. The average molecular weight is 362 g/mol. The smallest absolute Gasteiger partial charge is 0.133 e. The number of aliphatic hydroxyl groups is 3. The van der Waals surface area contributed by atoms with E-state index in [1.54, 1.807) is 13.8 Å². The van der Waals surface area contributed by atoms with Crippen molar-refractivity contribution in [3.63, 3.8) is 0 Å². The molecule has 3 N–H and O–H groups in total. The Labute approximate surface area is 134 Å². The first-order valence-corrected chi connectivity index (χ1v) is 7.81. The molecule has 0 amide bonds. The van der Waals surface area contributed by atoms with Crippen molar-refractivity contribution in [3.05, 3.63) is 28.7 Å². The minimum atomic E-state index is -0.699. The van der Waals surface area contributed by atoms with E-state index in [-0.39, 0.29) is 6.61 Å². The van der Waals surface area contributed by atoms with Crippen LogP contribution in [-0.4, -0.2) is 64.8 Å². The van der Waals surface area contributed by atoms with Crippen molar-refractivity contribution in [2.24, 2.45) is 0 Å². The van der Waals surface area contributed by atoms with Crippen LogP contribution in [0.25, 0.3) is 0 Å². The lowest BCUT2D eigenvalue weighted by Crippen LogP contribution is -2.42. The first-order valence-electron chi connectivity index (χ1n) is 7.02. The first-order chi connectivity index (χ1) is 9.88. The van der Waals surface area contributed by atoms with E-state index in [2.05, 4.69) is 15.9 Å². The molecular weight excluding hydrogens is 338 g/mol. The molecule has 0 aliphatic carbocycles. The van der Waals surface area contributed by atoms with Crippen molar-refractivity contribution in [1.82, 2.24) is 4.90 Å². The van der Waals surface area contributed by atoms with Gasteiger partial charge in [0.05, 0.1) is 16.7 Å². The molecule has 0 aliphatic rings. The molecule has 6 heteroatoms. The topological polar surface area (TPSA) is 73.2 Å². The molecule has 3 unspecified atom stereocenters. The van der Waals surface area contributed by atoms with Gasteiger partial charge in [-0.3, -0.25) is 4.90 Å². The van der Waals surface area contributed by atoms with Crippen LogP contribution in [0.15, 0.2) is 28.7 Å². The number of benzene rings is 1. The molecule has 0 heterocycles. The fraction of sp³-hybridized carbons (Fsp3) is 0.600. The number of halogens is 1. The van der Waals surface area contributed by atoms with E-state index >= 15 is 0 Å². The molecule has 0 saturated carbocycles. The maximum absolute atomic E-state index is 10.1. The van der Waals surface area contributed by atoms with Crippen molar-refractivity contribution in [2.75, 3.05) is 26.2 Å². The van der Waals surface area contributed by atoms with Crippen LogP contribution in [0, 0.1) is 0 Å². The number of ether oxygens (including phenoxy) is 1. The number of para-hydroxylation sites is 1.